The van der Waals surface area contributed by atoms with Gasteiger partial charge in [-0.25, -0.2) is 0 Å². The Bertz CT molecular complexity index is 778. The topological polar surface area (TPSA) is 43.9 Å². The van der Waals surface area contributed by atoms with E-state index in [-0.39, 0.29) is 17.7 Å². The van der Waals surface area contributed by atoms with Crippen molar-refractivity contribution in [3.05, 3.63) is 71.8 Å². The number of amides is 2. The molecule has 1 heterocycles. The van der Waals surface area contributed by atoms with Crippen molar-refractivity contribution in [1.82, 2.24) is 14.7 Å². The van der Waals surface area contributed by atoms with Gasteiger partial charge in [-0.2, -0.15) is 0 Å². The fourth-order valence-corrected chi connectivity index (χ4v) is 4.26. The first kappa shape index (κ1) is 23.0. The maximum atomic E-state index is 13.7. The van der Waals surface area contributed by atoms with Gasteiger partial charge >= 0.3 is 0 Å². The number of benzene rings is 2. The lowest BCUT2D eigenvalue weighted by atomic mass is 9.90. The number of nitrogens with zero attached hydrogens (tertiary/aromatic N) is 3. The van der Waals surface area contributed by atoms with Gasteiger partial charge in [-0.1, -0.05) is 74.5 Å². The van der Waals surface area contributed by atoms with Crippen molar-refractivity contribution in [2.24, 2.45) is 0 Å². The van der Waals surface area contributed by atoms with Crippen LogP contribution in [0.4, 0.5) is 0 Å². The number of rotatable bonds is 9. The van der Waals surface area contributed by atoms with E-state index in [1.165, 1.54) is 0 Å². The molecule has 2 aromatic carbocycles. The molecule has 0 saturated carbocycles. The summed E-state index contributed by atoms with van der Waals surface area (Å²) < 4.78 is 0. The van der Waals surface area contributed by atoms with Crippen molar-refractivity contribution < 1.29 is 9.59 Å². The van der Waals surface area contributed by atoms with Crippen molar-refractivity contribution in [3.63, 3.8) is 0 Å². The molecule has 0 bridgehead atoms. The third-order valence-electron chi connectivity index (χ3n) is 6.09. The smallest absolute Gasteiger partial charge is 0.234 e. The summed E-state index contributed by atoms with van der Waals surface area (Å²) in [6.45, 7) is 9.82. The molecule has 1 saturated heterocycles. The van der Waals surface area contributed by atoms with E-state index < -0.39 is 0 Å². The molecule has 0 N–H and O–H groups in total. The van der Waals surface area contributed by atoms with Gasteiger partial charge in [-0.05, 0) is 24.1 Å². The van der Waals surface area contributed by atoms with Crippen LogP contribution in [-0.2, 0) is 9.59 Å². The molecule has 0 aliphatic carbocycles. The zero-order chi connectivity index (χ0) is 22.1. The van der Waals surface area contributed by atoms with E-state index >= 15 is 0 Å². The van der Waals surface area contributed by atoms with Gasteiger partial charge in [0.25, 0.3) is 0 Å². The quantitative estimate of drug-likeness (QED) is 0.621. The van der Waals surface area contributed by atoms with Crippen LogP contribution in [0, 0.1) is 0 Å². The van der Waals surface area contributed by atoms with Gasteiger partial charge in [0.05, 0.1) is 5.92 Å². The van der Waals surface area contributed by atoms with Gasteiger partial charge in [0.1, 0.15) is 0 Å². The van der Waals surface area contributed by atoms with Crippen LogP contribution in [0.2, 0.25) is 0 Å². The zero-order valence-electron chi connectivity index (χ0n) is 18.9. The second-order valence-electron chi connectivity index (χ2n) is 8.14. The van der Waals surface area contributed by atoms with Gasteiger partial charge in [0, 0.05) is 45.7 Å². The predicted molar refractivity (Wildman–Crippen MR) is 125 cm³/mol. The second kappa shape index (κ2) is 11.7. The summed E-state index contributed by atoms with van der Waals surface area (Å²) in [5, 5.41) is 0. The molecular formula is C26H35N3O2. The molecule has 1 fully saturated rings. The Hall–Kier alpha value is -2.66. The number of hydrogen-bond donors (Lipinski definition) is 0. The minimum Gasteiger partial charge on any atom is -0.341 e. The van der Waals surface area contributed by atoms with Crippen LogP contribution in [0.5, 0.6) is 0 Å². The number of carbonyl (C=O) groups excluding carboxylic acids is 2. The molecule has 2 aromatic rings. The fraction of sp³-hybridized carbons (Fsp3) is 0.462. The summed E-state index contributed by atoms with van der Waals surface area (Å²) in [6, 6.07) is 19.9. The third-order valence-corrected chi connectivity index (χ3v) is 6.09. The van der Waals surface area contributed by atoms with E-state index in [0.29, 0.717) is 19.5 Å². The van der Waals surface area contributed by atoms with Crippen molar-refractivity contribution in [2.75, 3.05) is 45.8 Å². The Morgan fingerprint density at radius 3 is 1.87 bits per heavy atom. The summed E-state index contributed by atoms with van der Waals surface area (Å²) in [4.78, 5) is 32.7. The number of hydrogen-bond acceptors (Lipinski definition) is 3. The summed E-state index contributed by atoms with van der Waals surface area (Å²) in [7, 11) is 0. The molecule has 5 nitrogen and oxygen atoms in total. The first-order valence-electron chi connectivity index (χ1n) is 11.5. The average molecular weight is 422 g/mol. The Labute approximate surface area is 186 Å². The SMILES string of the molecule is CCCN(CCC(=O)N1CCN(CC)CC1)C(=O)C(c1ccccc1)c1ccccc1. The molecule has 0 spiro atoms. The molecule has 3 rings (SSSR count). The Balaban J connectivity index is 1.71. The van der Waals surface area contributed by atoms with E-state index in [4.69, 9.17) is 0 Å². The monoisotopic (exact) mass is 421 g/mol. The van der Waals surface area contributed by atoms with Gasteiger partial charge < -0.3 is 14.7 Å². The lowest BCUT2D eigenvalue weighted by Gasteiger charge is -2.34. The van der Waals surface area contributed by atoms with Gasteiger partial charge in [-0.15, -0.1) is 0 Å². The molecule has 0 atom stereocenters. The highest BCUT2D eigenvalue weighted by molar-refractivity contribution is 5.87. The minimum atomic E-state index is -0.350. The lowest BCUT2D eigenvalue weighted by Crippen LogP contribution is -2.49. The van der Waals surface area contributed by atoms with E-state index in [1.807, 2.05) is 70.5 Å². The maximum absolute atomic E-state index is 13.7. The molecule has 0 aromatic heterocycles. The summed E-state index contributed by atoms with van der Waals surface area (Å²) in [5.41, 5.74) is 1.98. The van der Waals surface area contributed by atoms with Crippen LogP contribution in [0.3, 0.4) is 0 Å². The molecule has 0 radical (unpaired) electrons. The summed E-state index contributed by atoms with van der Waals surface area (Å²) >= 11 is 0. The van der Waals surface area contributed by atoms with E-state index in [9.17, 15) is 9.59 Å². The van der Waals surface area contributed by atoms with Gasteiger partial charge in [0.2, 0.25) is 11.8 Å². The van der Waals surface area contributed by atoms with E-state index in [1.54, 1.807) is 0 Å². The third kappa shape index (κ3) is 6.17. The Kier molecular flexibility index (Phi) is 8.65. The fourth-order valence-electron chi connectivity index (χ4n) is 4.26. The van der Waals surface area contributed by atoms with Gasteiger partial charge in [0.15, 0.2) is 0 Å². The molecule has 1 aliphatic rings. The normalized spacial score (nSPS) is 14.6. The molecule has 1 aliphatic heterocycles. The standard InChI is InChI=1S/C26H35N3O2/c1-3-16-29(17-15-24(30)28-20-18-27(4-2)19-21-28)26(31)25(22-11-7-5-8-12-22)23-13-9-6-10-14-23/h5-14,25H,3-4,15-21H2,1-2H3. The van der Waals surface area contributed by atoms with Gasteiger partial charge in [-0.3, -0.25) is 9.59 Å². The average Bonchev–Trinajstić information content (AvgIpc) is 2.83. The van der Waals surface area contributed by atoms with Crippen LogP contribution in [0.15, 0.2) is 60.7 Å². The van der Waals surface area contributed by atoms with Crippen molar-refractivity contribution in [2.45, 2.75) is 32.6 Å². The molecule has 0 unspecified atom stereocenters. The lowest BCUT2D eigenvalue weighted by molar-refractivity contribution is -0.135. The molecule has 2 amide bonds. The number of likely N-dealkylation sites (N-methyl/N-ethyl adjacent to an activating group) is 1. The predicted octanol–water partition coefficient (Wildman–Crippen LogP) is 3.61. The number of carbonyl (C=O) groups is 2. The Morgan fingerprint density at radius 1 is 0.839 bits per heavy atom. The molecular weight excluding hydrogens is 386 g/mol. The number of piperazine rings is 1. The van der Waals surface area contributed by atoms with Crippen molar-refractivity contribution in [1.29, 1.82) is 0 Å². The molecule has 5 heteroatoms. The first-order chi connectivity index (χ1) is 15.1. The highest BCUT2D eigenvalue weighted by Gasteiger charge is 2.28. The molecule has 166 valence electrons. The zero-order valence-corrected chi connectivity index (χ0v) is 18.9. The van der Waals surface area contributed by atoms with E-state index in [0.717, 1.165) is 50.3 Å². The first-order valence-corrected chi connectivity index (χ1v) is 11.5. The minimum absolute atomic E-state index is 0.0721. The van der Waals surface area contributed by atoms with Crippen LogP contribution >= 0.6 is 0 Å². The second-order valence-corrected chi connectivity index (χ2v) is 8.14. The van der Waals surface area contributed by atoms with Crippen LogP contribution in [0.1, 0.15) is 43.7 Å². The maximum Gasteiger partial charge on any atom is 0.234 e. The largest absolute Gasteiger partial charge is 0.341 e. The van der Waals surface area contributed by atoms with E-state index in [2.05, 4.69) is 18.7 Å². The van der Waals surface area contributed by atoms with Crippen LogP contribution < -0.4 is 0 Å². The van der Waals surface area contributed by atoms with Crippen LogP contribution in [0.25, 0.3) is 0 Å². The Morgan fingerprint density at radius 2 is 1.39 bits per heavy atom. The summed E-state index contributed by atoms with van der Waals surface area (Å²) in [6.07, 6.45) is 1.25. The van der Waals surface area contributed by atoms with Crippen molar-refractivity contribution in [3.8, 4) is 0 Å². The molecule has 31 heavy (non-hydrogen) atoms. The highest BCUT2D eigenvalue weighted by Crippen LogP contribution is 2.27. The van der Waals surface area contributed by atoms with Crippen molar-refractivity contribution >= 4 is 11.8 Å². The summed E-state index contributed by atoms with van der Waals surface area (Å²) in [5.74, 6) is -0.124. The van der Waals surface area contributed by atoms with Crippen LogP contribution in [-0.4, -0.2) is 72.3 Å². The highest BCUT2D eigenvalue weighted by atomic mass is 16.2.